The van der Waals surface area contributed by atoms with E-state index in [1.165, 1.54) is 4.88 Å². The molecule has 0 aliphatic carbocycles. The summed E-state index contributed by atoms with van der Waals surface area (Å²) < 4.78 is 0.638. The largest absolute Gasteiger partial charge is 0.233 e. The molecule has 0 aliphatic rings. The Kier molecular flexibility index (Phi) is 2.82. The van der Waals surface area contributed by atoms with E-state index in [1.807, 2.05) is 6.20 Å². The van der Waals surface area contributed by atoms with Gasteiger partial charge in [-0.15, -0.1) is 11.3 Å². The lowest BCUT2D eigenvalue weighted by atomic mass is 10.6. The zero-order chi connectivity index (χ0) is 6.69. The summed E-state index contributed by atoms with van der Waals surface area (Å²) in [7, 11) is 0. The van der Waals surface area contributed by atoms with E-state index in [-0.39, 0.29) is 0 Å². The summed E-state index contributed by atoms with van der Waals surface area (Å²) in [4.78, 5) is 5.15. The Balaban J connectivity index is 2.61. The van der Waals surface area contributed by atoms with Crippen molar-refractivity contribution in [3.05, 3.63) is 15.5 Å². The third kappa shape index (κ3) is 2.16. The predicted octanol–water partition coefficient (Wildman–Crippen LogP) is 2.66. The van der Waals surface area contributed by atoms with Crippen LogP contribution in [0.2, 0.25) is 4.47 Å². The zero-order valence-electron chi connectivity index (χ0n) is 4.93. The second-order valence-electron chi connectivity index (χ2n) is 1.51. The highest BCUT2D eigenvalue weighted by Crippen LogP contribution is 2.20. The first-order valence-electron chi connectivity index (χ1n) is 2.42. The van der Waals surface area contributed by atoms with Gasteiger partial charge >= 0.3 is 0 Å². The first kappa shape index (κ1) is 7.38. The number of thioether (sulfide) groups is 1. The monoisotopic (exact) mass is 179 g/mol. The third-order valence-corrected chi connectivity index (χ3v) is 2.71. The maximum absolute atomic E-state index is 5.59. The second kappa shape index (κ2) is 3.44. The molecule has 0 atom stereocenters. The van der Waals surface area contributed by atoms with Crippen LogP contribution >= 0.6 is 34.7 Å². The van der Waals surface area contributed by atoms with Crippen molar-refractivity contribution in [2.75, 3.05) is 6.26 Å². The van der Waals surface area contributed by atoms with E-state index in [2.05, 4.69) is 11.2 Å². The SMILES string of the molecule is CSCc1cnc(Cl)s1. The van der Waals surface area contributed by atoms with Crippen molar-refractivity contribution in [1.82, 2.24) is 4.98 Å². The Bertz CT molecular complexity index is 187. The van der Waals surface area contributed by atoms with Gasteiger partial charge < -0.3 is 0 Å². The number of aromatic nitrogens is 1. The fourth-order valence-corrected chi connectivity index (χ4v) is 2.21. The summed E-state index contributed by atoms with van der Waals surface area (Å²) in [6.07, 6.45) is 3.89. The van der Waals surface area contributed by atoms with Gasteiger partial charge in [0.1, 0.15) is 0 Å². The minimum Gasteiger partial charge on any atom is -0.233 e. The molecule has 9 heavy (non-hydrogen) atoms. The Morgan fingerprint density at radius 2 is 2.67 bits per heavy atom. The fraction of sp³-hybridized carbons (Fsp3) is 0.400. The van der Waals surface area contributed by atoms with Crippen LogP contribution in [0.1, 0.15) is 4.88 Å². The molecule has 1 rings (SSSR count). The molecule has 50 valence electrons. The maximum atomic E-state index is 5.59. The van der Waals surface area contributed by atoms with Crippen molar-refractivity contribution in [2.45, 2.75) is 5.75 Å². The Morgan fingerprint density at radius 1 is 1.89 bits per heavy atom. The number of halogens is 1. The summed E-state index contributed by atoms with van der Waals surface area (Å²) >= 11 is 8.92. The lowest BCUT2D eigenvalue weighted by Gasteiger charge is -1.84. The van der Waals surface area contributed by atoms with Crippen LogP contribution in [-0.2, 0) is 5.75 Å². The summed E-state index contributed by atoms with van der Waals surface area (Å²) in [6, 6.07) is 0. The van der Waals surface area contributed by atoms with Gasteiger partial charge in [-0.3, -0.25) is 0 Å². The molecular formula is C5H6ClNS2. The van der Waals surface area contributed by atoms with Gasteiger partial charge in [-0.2, -0.15) is 11.8 Å². The van der Waals surface area contributed by atoms with Crippen LogP contribution in [0.5, 0.6) is 0 Å². The number of thiazole rings is 1. The van der Waals surface area contributed by atoms with Crippen LogP contribution in [0.15, 0.2) is 6.20 Å². The van der Waals surface area contributed by atoms with Crippen molar-refractivity contribution in [1.29, 1.82) is 0 Å². The van der Waals surface area contributed by atoms with Gasteiger partial charge in [0.25, 0.3) is 0 Å². The molecule has 0 aromatic carbocycles. The van der Waals surface area contributed by atoms with E-state index in [0.29, 0.717) is 4.47 Å². The highest BCUT2D eigenvalue weighted by atomic mass is 35.5. The molecule has 4 heteroatoms. The Labute approximate surface area is 67.4 Å². The van der Waals surface area contributed by atoms with Crippen molar-refractivity contribution < 1.29 is 0 Å². The highest BCUT2D eigenvalue weighted by molar-refractivity contribution is 7.97. The standard InChI is InChI=1S/C5H6ClNS2/c1-8-3-4-2-7-5(6)9-4/h2H,3H2,1H3. The van der Waals surface area contributed by atoms with Gasteiger partial charge in [-0.25, -0.2) is 4.98 Å². The van der Waals surface area contributed by atoms with E-state index in [4.69, 9.17) is 11.6 Å². The van der Waals surface area contributed by atoms with Gasteiger partial charge in [-0.05, 0) is 6.26 Å². The minimum atomic E-state index is 0.638. The quantitative estimate of drug-likeness (QED) is 0.693. The van der Waals surface area contributed by atoms with Crippen molar-refractivity contribution in [2.24, 2.45) is 0 Å². The Morgan fingerprint density at radius 3 is 3.11 bits per heavy atom. The van der Waals surface area contributed by atoms with Crippen LogP contribution in [0.25, 0.3) is 0 Å². The van der Waals surface area contributed by atoms with E-state index in [9.17, 15) is 0 Å². The smallest absolute Gasteiger partial charge is 0.183 e. The van der Waals surface area contributed by atoms with Crippen LogP contribution < -0.4 is 0 Å². The first-order valence-corrected chi connectivity index (χ1v) is 5.01. The molecule has 0 saturated carbocycles. The maximum Gasteiger partial charge on any atom is 0.183 e. The molecule has 1 aromatic rings. The van der Waals surface area contributed by atoms with Crippen molar-refractivity contribution in [3.63, 3.8) is 0 Å². The molecule has 1 heterocycles. The van der Waals surface area contributed by atoms with Crippen LogP contribution in [0.3, 0.4) is 0 Å². The first-order chi connectivity index (χ1) is 4.33. The molecule has 0 saturated heterocycles. The number of hydrogen-bond acceptors (Lipinski definition) is 3. The van der Waals surface area contributed by atoms with Gasteiger partial charge in [-0.1, -0.05) is 11.6 Å². The summed E-state index contributed by atoms with van der Waals surface area (Å²) in [5, 5.41) is 0. The summed E-state index contributed by atoms with van der Waals surface area (Å²) in [5.74, 6) is 1.02. The number of hydrogen-bond donors (Lipinski definition) is 0. The molecule has 0 amide bonds. The highest BCUT2D eigenvalue weighted by Gasteiger charge is 1.95. The zero-order valence-corrected chi connectivity index (χ0v) is 7.32. The van der Waals surface area contributed by atoms with E-state index >= 15 is 0 Å². The van der Waals surface area contributed by atoms with Gasteiger partial charge in [0.05, 0.1) is 0 Å². The average Bonchev–Trinajstić information content (AvgIpc) is 2.17. The Hall–Kier alpha value is 0.270. The molecule has 0 fully saturated rings. The second-order valence-corrected chi connectivity index (χ2v) is 4.08. The van der Waals surface area contributed by atoms with E-state index < -0.39 is 0 Å². The molecule has 0 radical (unpaired) electrons. The molecular weight excluding hydrogens is 174 g/mol. The van der Waals surface area contributed by atoms with Crippen LogP contribution in [0.4, 0.5) is 0 Å². The summed E-state index contributed by atoms with van der Waals surface area (Å²) in [6.45, 7) is 0. The van der Waals surface area contributed by atoms with Crippen molar-refractivity contribution >= 4 is 34.7 Å². The number of nitrogens with zero attached hydrogens (tertiary/aromatic N) is 1. The molecule has 0 bridgehead atoms. The molecule has 0 unspecified atom stereocenters. The topological polar surface area (TPSA) is 12.9 Å². The lowest BCUT2D eigenvalue weighted by molar-refractivity contribution is 1.37. The third-order valence-electron chi connectivity index (χ3n) is 0.812. The lowest BCUT2D eigenvalue weighted by Crippen LogP contribution is -1.66. The van der Waals surface area contributed by atoms with Crippen molar-refractivity contribution in [3.8, 4) is 0 Å². The average molecular weight is 180 g/mol. The molecule has 0 aliphatic heterocycles. The molecule has 1 aromatic heterocycles. The van der Waals surface area contributed by atoms with E-state index in [1.54, 1.807) is 23.1 Å². The van der Waals surface area contributed by atoms with Crippen LogP contribution in [-0.4, -0.2) is 11.2 Å². The fourth-order valence-electron chi connectivity index (χ4n) is 0.493. The molecule has 0 spiro atoms. The van der Waals surface area contributed by atoms with Crippen LogP contribution in [0, 0.1) is 0 Å². The molecule has 0 N–H and O–H groups in total. The van der Waals surface area contributed by atoms with Gasteiger partial charge in [0.2, 0.25) is 0 Å². The van der Waals surface area contributed by atoms with Gasteiger partial charge in [0, 0.05) is 16.8 Å². The predicted molar refractivity (Wildman–Crippen MR) is 44.3 cm³/mol. The summed E-state index contributed by atoms with van der Waals surface area (Å²) in [5.41, 5.74) is 0. The van der Waals surface area contributed by atoms with E-state index in [0.717, 1.165) is 5.75 Å². The normalized spacial score (nSPS) is 10.0. The number of rotatable bonds is 2. The minimum absolute atomic E-state index is 0.638. The van der Waals surface area contributed by atoms with Gasteiger partial charge in [0.15, 0.2) is 4.47 Å². The molecule has 1 nitrogen and oxygen atoms in total.